The highest BCUT2D eigenvalue weighted by atomic mass is 32.1. The van der Waals surface area contributed by atoms with E-state index in [9.17, 15) is 14.4 Å². The quantitative estimate of drug-likeness (QED) is 0.387. The molecule has 2 heterocycles. The summed E-state index contributed by atoms with van der Waals surface area (Å²) in [4.78, 5) is 43.2. The SMILES string of the molecule is CC(CC(=O)O)NC(=O)c1ccc(CCCCc2cc3c(=O)[nH]c(N)nc3s2)cc1. The lowest BCUT2D eigenvalue weighted by molar-refractivity contribution is -0.137. The Labute approximate surface area is 177 Å². The van der Waals surface area contributed by atoms with E-state index in [2.05, 4.69) is 15.3 Å². The first-order valence-corrected chi connectivity index (χ1v) is 10.5. The van der Waals surface area contributed by atoms with Crippen LogP contribution in [0.3, 0.4) is 0 Å². The second kappa shape index (κ2) is 9.53. The number of aromatic amines is 1. The van der Waals surface area contributed by atoms with Crippen LogP contribution in [-0.4, -0.2) is 33.0 Å². The molecule has 0 aliphatic rings. The van der Waals surface area contributed by atoms with Crippen molar-refractivity contribution in [2.24, 2.45) is 0 Å². The molecular weight excluding hydrogens is 404 g/mol. The summed E-state index contributed by atoms with van der Waals surface area (Å²) in [5.74, 6) is -1.08. The van der Waals surface area contributed by atoms with Gasteiger partial charge in [0.2, 0.25) is 5.95 Å². The zero-order valence-electron chi connectivity index (χ0n) is 16.6. The molecule has 0 saturated heterocycles. The van der Waals surface area contributed by atoms with Gasteiger partial charge in [-0.15, -0.1) is 11.3 Å². The van der Waals surface area contributed by atoms with Crippen LogP contribution in [0.25, 0.3) is 10.2 Å². The van der Waals surface area contributed by atoms with Crippen LogP contribution in [0, 0.1) is 0 Å². The van der Waals surface area contributed by atoms with Crippen molar-refractivity contribution in [3.8, 4) is 0 Å². The molecule has 3 aromatic rings. The van der Waals surface area contributed by atoms with E-state index in [-0.39, 0.29) is 23.8 Å². The van der Waals surface area contributed by atoms with Crippen molar-refractivity contribution < 1.29 is 14.7 Å². The van der Waals surface area contributed by atoms with Gasteiger partial charge in [0.05, 0.1) is 11.8 Å². The van der Waals surface area contributed by atoms with Crippen LogP contribution in [0.4, 0.5) is 5.95 Å². The van der Waals surface area contributed by atoms with E-state index in [1.54, 1.807) is 19.1 Å². The maximum absolute atomic E-state index is 12.1. The first-order chi connectivity index (χ1) is 14.3. The number of hydrogen-bond acceptors (Lipinski definition) is 6. The van der Waals surface area contributed by atoms with Gasteiger partial charge in [0.1, 0.15) is 4.83 Å². The van der Waals surface area contributed by atoms with Crippen molar-refractivity contribution in [1.82, 2.24) is 15.3 Å². The van der Waals surface area contributed by atoms with Gasteiger partial charge in [-0.3, -0.25) is 19.4 Å². The molecule has 0 bridgehead atoms. The highest BCUT2D eigenvalue weighted by molar-refractivity contribution is 7.18. The summed E-state index contributed by atoms with van der Waals surface area (Å²) in [5, 5.41) is 12.0. The number of unbranched alkanes of at least 4 members (excludes halogenated alkanes) is 1. The lowest BCUT2D eigenvalue weighted by Gasteiger charge is -2.11. The molecular formula is C21H24N4O4S. The van der Waals surface area contributed by atoms with Crippen LogP contribution < -0.4 is 16.6 Å². The molecule has 0 spiro atoms. The van der Waals surface area contributed by atoms with Gasteiger partial charge >= 0.3 is 5.97 Å². The molecule has 3 rings (SSSR count). The Morgan fingerprint density at radius 3 is 2.63 bits per heavy atom. The molecule has 158 valence electrons. The van der Waals surface area contributed by atoms with Gasteiger partial charge in [-0.2, -0.15) is 0 Å². The number of rotatable bonds is 9. The number of carbonyl (C=O) groups is 2. The largest absolute Gasteiger partial charge is 0.481 e. The van der Waals surface area contributed by atoms with Crippen molar-refractivity contribution in [3.05, 3.63) is 56.7 Å². The number of fused-ring (bicyclic) bond motifs is 1. The van der Waals surface area contributed by atoms with Crippen molar-refractivity contribution in [3.63, 3.8) is 0 Å². The average molecular weight is 429 g/mol. The number of carboxylic acid groups (broad SMARTS) is 1. The third kappa shape index (κ3) is 5.66. The highest BCUT2D eigenvalue weighted by Gasteiger charge is 2.12. The summed E-state index contributed by atoms with van der Waals surface area (Å²) in [6.45, 7) is 1.66. The van der Waals surface area contributed by atoms with E-state index in [0.717, 1.165) is 36.1 Å². The van der Waals surface area contributed by atoms with Crippen molar-refractivity contribution in [1.29, 1.82) is 0 Å². The molecule has 1 unspecified atom stereocenters. The van der Waals surface area contributed by atoms with E-state index in [1.165, 1.54) is 11.3 Å². The second-order valence-corrected chi connectivity index (χ2v) is 8.37. The molecule has 0 fully saturated rings. The predicted molar refractivity (Wildman–Crippen MR) is 117 cm³/mol. The maximum Gasteiger partial charge on any atom is 0.305 e. The van der Waals surface area contributed by atoms with Crippen LogP contribution in [0.2, 0.25) is 0 Å². The Bertz CT molecular complexity index is 1100. The minimum atomic E-state index is -0.944. The van der Waals surface area contributed by atoms with Crippen LogP contribution in [0.1, 0.15) is 47.0 Å². The number of benzene rings is 1. The van der Waals surface area contributed by atoms with E-state index in [0.29, 0.717) is 15.8 Å². The lowest BCUT2D eigenvalue weighted by Crippen LogP contribution is -2.34. The van der Waals surface area contributed by atoms with Crippen molar-refractivity contribution in [2.45, 2.75) is 45.1 Å². The normalized spacial score (nSPS) is 12.0. The number of aromatic nitrogens is 2. The van der Waals surface area contributed by atoms with E-state index in [4.69, 9.17) is 10.8 Å². The number of thiophene rings is 1. The molecule has 2 aromatic heterocycles. The Morgan fingerprint density at radius 1 is 1.23 bits per heavy atom. The predicted octanol–water partition coefficient (Wildman–Crippen LogP) is 2.73. The Balaban J connectivity index is 1.47. The molecule has 5 N–H and O–H groups in total. The van der Waals surface area contributed by atoms with E-state index in [1.807, 2.05) is 18.2 Å². The van der Waals surface area contributed by atoms with Crippen molar-refractivity contribution >= 4 is 39.4 Å². The fourth-order valence-electron chi connectivity index (χ4n) is 3.19. The molecule has 1 aromatic carbocycles. The number of nitrogens with zero attached hydrogens (tertiary/aromatic N) is 1. The number of hydrogen-bond donors (Lipinski definition) is 4. The Hall–Kier alpha value is -3.20. The average Bonchev–Trinajstić information content (AvgIpc) is 3.08. The van der Waals surface area contributed by atoms with Crippen LogP contribution in [-0.2, 0) is 17.6 Å². The smallest absolute Gasteiger partial charge is 0.305 e. The fraction of sp³-hybridized carbons (Fsp3) is 0.333. The van der Waals surface area contributed by atoms with E-state index < -0.39 is 12.0 Å². The molecule has 0 aliphatic carbocycles. The number of nitrogens with one attached hydrogen (secondary N) is 2. The molecule has 0 aliphatic heterocycles. The monoisotopic (exact) mass is 428 g/mol. The van der Waals surface area contributed by atoms with E-state index >= 15 is 0 Å². The minimum Gasteiger partial charge on any atom is -0.481 e. The summed E-state index contributed by atoms with van der Waals surface area (Å²) < 4.78 is 0. The summed E-state index contributed by atoms with van der Waals surface area (Å²) in [7, 11) is 0. The molecule has 0 radical (unpaired) electrons. The van der Waals surface area contributed by atoms with Gasteiger partial charge in [0.15, 0.2) is 0 Å². The number of nitrogens with two attached hydrogens (primary N) is 1. The molecule has 9 heteroatoms. The number of nitrogen functional groups attached to an aromatic ring is 1. The Kier molecular flexibility index (Phi) is 6.83. The van der Waals surface area contributed by atoms with Gasteiger partial charge in [-0.1, -0.05) is 12.1 Å². The fourth-order valence-corrected chi connectivity index (χ4v) is 4.27. The standard InChI is InChI=1S/C21H24N4O4S/c1-12(10-17(26)27)23-18(28)14-8-6-13(7-9-14)4-2-3-5-15-11-16-19(29)24-21(22)25-20(16)30-15/h6-9,11-12H,2-5,10H2,1H3,(H,23,28)(H,26,27)(H3,22,24,25,29). The number of amides is 1. The topological polar surface area (TPSA) is 138 Å². The Morgan fingerprint density at radius 2 is 1.93 bits per heavy atom. The molecule has 1 atom stereocenters. The third-order valence-corrected chi connectivity index (χ3v) is 5.77. The number of carboxylic acids is 1. The summed E-state index contributed by atoms with van der Waals surface area (Å²) >= 11 is 1.49. The number of aliphatic carboxylic acids is 1. The summed E-state index contributed by atoms with van der Waals surface area (Å²) in [6, 6.07) is 8.80. The summed E-state index contributed by atoms with van der Waals surface area (Å²) in [5.41, 5.74) is 7.02. The van der Waals surface area contributed by atoms with Gasteiger partial charge in [-0.05, 0) is 56.4 Å². The first kappa shape index (κ1) is 21.5. The molecule has 0 saturated carbocycles. The number of anilines is 1. The second-order valence-electron chi connectivity index (χ2n) is 7.26. The summed E-state index contributed by atoms with van der Waals surface area (Å²) in [6.07, 6.45) is 3.58. The van der Waals surface area contributed by atoms with Crippen LogP contribution in [0.5, 0.6) is 0 Å². The molecule has 1 amide bonds. The number of H-pyrrole nitrogens is 1. The molecule has 30 heavy (non-hydrogen) atoms. The minimum absolute atomic E-state index is 0.110. The molecule has 8 nitrogen and oxygen atoms in total. The van der Waals surface area contributed by atoms with Gasteiger partial charge in [-0.25, -0.2) is 4.98 Å². The zero-order chi connectivity index (χ0) is 21.7. The van der Waals surface area contributed by atoms with Gasteiger partial charge < -0.3 is 16.2 Å². The van der Waals surface area contributed by atoms with Crippen LogP contribution in [0.15, 0.2) is 35.1 Å². The van der Waals surface area contributed by atoms with Crippen molar-refractivity contribution in [2.75, 3.05) is 5.73 Å². The third-order valence-electron chi connectivity index (χ3n) is 4.68. The lowest BCUT2D eigenvalue weighted by atomic mass is 10.0. The first-order valence-electron chi connectivity index (χ1n) is 9.71. The van der Waals surface area contributed by atoms with Gasteiger partial charge in [0.25, 0.3) is 11.5 Å². The van der Waals surface area contributed by atoms with Crippen LogP contribution >= 0.6 is 11.3 Å². The van der Waals surface area contributed by atoms with Gasteiger partial charge in [0, 0.05) is 16.5 Å². The zero-order valence-corrected chi connectivity index (χ0v) is 17.4. The maximum atomic E-state index is 12.1. The number of aryl methyl sites for hydroxylation is 2. The number of carbonyl (C=O) groups excluding carboxylic acids is 1. The highest BCUT2D eigenvalue weighted by Crippen LogP contribution is 2.23.